The van der Waals surface area contributed by atoms with E-state index in [0.717, 1.165) is 12.8 Å². The fourth-order valence-electron chi connectivity index (χ4n) is 1.29. The molecule has 0 aliphatic rings. The van der Waals surface area contributed by atoms with Crippen molar-refractivity contribution in [2.24, 2.45) is 0 Å². The highest BCUT2D eigenvalue weighted by Gasteiger charge is 2.15. The van der Waals surface area contributed by atoms with E-state index in [9.17, 15) is 4.79 Å². The van der Waals surface area contributed by atoms with E-state index >= 15 is 0 Å². The molecule has 0 aliphatic heterocycles. The Kier molecular flexibility index (Phi) is 3.28. The number of carboxylic acids is 1. The second-order valence-corrected chi connectivity index (χ2v) is 3.62. The number of rotatable bonds is 4. The number of carbonyl (C=O) groups is 1. The minimum absolute atomic E-state index is 0.207. The van der Waals surface area contributed by atoms with Crippen LogP contribution in [0.1, 0.15) is 49.3 Å². The van der Waals surface area contributed by atoms with Crippen molar-refractivity contribution in [1.29, 1.82) is 0 Å². The highest BCUT2D eigenvalue weighted by Crippen LogP contribution is 2.13. The van der Waals surface area contributed by atoms with E-state index in [1.165, 1.54) is 0 Å². The van der Waals surface area contributed by atoms with E-state index in [2.05, 4.69) is 5.10 Å². The van der Waals surface area contributed by atoms with Crippen LogP contribution in [0.2, 0.25) is 0 Å². The molecule has 0 aromatic carbocycles. The van der Waals surface area contributed by atoms with Gasteiger partial charge >= 0.3 is 5.97 Å². The summed E-state index contributed by atoms with van der Waals surface area (Å²) < 4.78 is 1.70. The molecule has 4 nitrogen and oxygen atoms in total. The summed E-state index contributed by atoms with van der Waals surface area (Å²) in [6.07, 6.45) is 3.24. The Morgan fingerprint density at radius 1 is 1.64 bits per heavy atom. The first kappa shape index (κ1) is 10.8. The number of nitrogens with zero attached hydrogens (tertiary/aromatic N) is 2. The molecule has 1 heterocycles. The average Bonchev–Trinajstić information content (AvgIpc) is 2.49. The van der Waals surface area contributed by atoms with Gasteiger partial charge in [-0.2, -0.15) is 5.10 Å². The lowest BCUT2D eigenvalue weighted by atomic mass is 10.2. The molecule has 1 rings (SSSR count). The minimum Gasteiger partial charge on any atom is -0.478 e. The molecule has 0 unspecified atom stereocenters. The first-order valence-corrected chi connectivity index (χ1v) is 4.87. The lowest BCUT2D eigenvalue weighted by Gasteiger charge is -2.02. The van der Waals surface area contributed by atoms with Crippen LogP contribution in [0.4, 0.5) is 0 Å². The van der Waals surface area contributed by atoms with Crippen molar-refractivity contribution in [1.82, 2.24) is 9.78 Å². The standard InChI is InChI=1S/C10H16N2O2/c1-4-5-9-8(10(13)14)6-12(11-9)7(2)3/h6-7H,4-5H2,1-3H3,(H,13,14). The van der Waals surface area contributed by atoms with Crippen LogP contribution in [0.5, 0.6) is 0 Å². The molecule has 0 radical (unpaired) electrons. The molecule has 1 aromatic heterocycles. The molecule has 14 heavy (non-hydrogen) atoms. The summed E-state index contributed by atoms with van der Waals surface area (Å²) in [5.41, 5.74) is 1.02. The molecular weight excluding hydrogens is 180 g/mol. The molecule has 0 aliphatic carbocycles. The molecule has 0 amide bonds. The molecule has 0 saturated carbocycles. The fourth-order valence-corrected chi connectivity index (χ4v) is 1.29. The Bertz CT molecular complexity index is 329. The van der Waals surface area contributed by atoms with E-state index < -0.39 is 5.97 Å². The van der Waals surface area contributed by atoms with Crippen molar-refractivity contribution >= 4 is 5.97 Å². The third-order valence-corrected chi connectivity index (χ3v) is 2.05. The van der Waals surface area contributed by atoms with Gasteiger partial charge in [-0.15, -0.1) is 0 Å². The van der Waals surface area contributed by atoms with Crippen LogP contribution in [0.15, 0.2) is 6.20 Å². The van der Waals surface area contributed by atoms with E-state index in [4.69, 9.17) is 5.11 Å². The molecule has 0 bridgehead atoms. The summed E-state index contributed by atoms with van der Waals surface area (Å²) in [5.74, 6) is -0.889. The van der Waals surface area contributed by atoms with Gasteiger partial charge in [0, 0.05) is 12.2 Å². The highest BCUT2D eigenvalue weighted by atomic mass is 16.4. The zero-order valence-electron chi connectivity index (χ0n) is 8.82. The quantitative estimate of drug-likeness (QED) is 0.802. The van der Waals surface area contributed by atoms with Gasteiger partial charge in [-0.05, 0) is 20.3 Å². The number of aromatic nitrogens is 2. The van der Waals surface area contributed by atoms with Gasteiger partial charge in [-0.25, -0.2) is 4.79 Å². The SMILES string of the molecule is CCCc1nn(C(C)C)cc1C(=O)O. The fraction of sp³-hybridized carbons (Fsp3) is 0.600. The van der Waals surface area contributed by atoms with Crippen LogP contribution < -0.4 is 0 Å². The summed E-state index contributed by atoms with van der Waals surface area (Å²) in [6.45, 7) is 5.97. The predicted octanol–water partition coefficient (Wildman–Crippen LogP) is 2.11. The zero-order chi connectivity index (χ0) is 10.7. The monoisotopic (exact) mass is 196 g/mol. The molecule has 4 heteroatoms. The van der Waals surface area contributed by atoms with Gasteiger partial charge in [-0.3, -0.25) is 4.68 Å². The van der Waals surface area contributed by atoms with Crippen LogP contribution in [0.25, 0.3) is 0 Å². The topological polar surface area (TPSA) is 55.1 Å². The molecule has 78 valence electrons. The van der Waals surface area contributed by atoms with E-state index in [1.54, 1.807) is 10.9 Å². The number of hydrogen-bond acceptors (Lipinski definition) is 2. The number of aromatic carboxylic acids is 1. The average molecular weight is 196 g/mol. The third-order valence-electron chi connectivity index (χ3n) is 2.05. The van der Waals surface area contributed by atoms with Gasteiger partial charge in [0.25, 0.3) is 0 Å². The van der Waals surface area contributed by atoms with Crippen molar-refractivity contribution in [2.75, 3.05) is 0 Å². The molecule has 1 aromatic rings. The summed E-state index contributed by atoms with van der Waals surface area (Å²) in [4.78, 5) is 10.9. The van der Waals surface area contributed by atoms with E-state index in [-0.39, 0.29) is 6.04 Å². The summed E-state index contributed by atoms with van der Waals surface area (Å²) in [6, 6.07) is 0.207. The largest absolute Gasteiger partial charge is 0.478 e. The van der Waals surface area contributed by atoms with Crippen LogP contribution in [-0.4, -0.2) is 20.9 Å². The first-order valence-electron chi connectivity index (χ1n) is 4.87. The Balaban J connectivity index is 3.05. The van der Waals surface area contributed by atoms with Gasteiger partial charge in [-0.1, -0.05) is 13.3 Å². The van der Waals surface area contributed by atoms with Gasteiger partial charge in [0.15, 0.2) is 0 Å². The van der Waals surface area contributed by atoms with Crippen molar-refractivity contribution in [3.05, 3.63) is 17.5 Å². The lowest BCUT2D eigenvalue weighted by Crippen LogP contribution is -2.01. The summed E-state index contributed by atoms with van der Waals surface area (Å²) in [5, 5.41) is 13.2. The maximum absolute atomic E-state index is 10.9. The number of aryl methyl sites for hydroxylation is 1. The Morgan fingerprint density at radius 3 is 2.71 bits per heavy atom. The van der Waals surface area contributed by atoms with Crippen LogP contribution >= 0.6 is 0 Å². The Labute approximate surface area is 83.5 Å². The number of carboxylic acid groups (broad SMARTS) is 1. The number of hydrogen-bond donors (Lipinski definition) is 1. The molecule has 0 spiro atoms. The summed E-state index contributed by atoms with van der Waals surface area (Å²) in [7, 11) is 0. The van der Waals surface area contributed by atoms with Crippen molar-refractivity contribution < 1.29 is 9.90 Å². The van der Waals surface area contributed by atoms with E-state index in [0.29, 0.717) is 11.3 Å². The predicted molar refractivity (Wildman–Crippen MR) is 53.6 cm³/mol. The van der Waals surface area contributed by atoms with Gasteiger partial charge in [0.2, 0.25) is 0 Å². The molecule has 0 saturated heterocycles. The maximum atomic E-state index is 10.9. The van der Waals surface area contributed by atoms with Crippen LogP contribution in [0.3, 0.4) is 0 Å². The van der Waals surface area contributed by atoms with Crippen molar-refractivity contribution in [2.45, 2.75) is 39.7 Å². The molecule has 0 fully saturated rings. The molecular formula is C10H16N2O2. The normalized spacial score (nSPS) is 10.9. The van der Waals surface area contributed by atoms with Gasteiger partial charge < -0.3 is 5.11 Å². The Morgan fingerprint density at radius 2 is 2.29 bits per heavy atom. The van der Waals surface area contributed by atoms with Gasteiger partial charge in [0.1, 0.15) is 5.56 Å². The molecule has 1 N–H and O–H groups in total. The van der Waals surface area contributed by atoms with Crippen LogP contribution in [0, 0.1) is 0 Å². The third kappa shape index (κ3) is 2.13. The smallest absolute Gasteiger partial charge is 0.339 e. The minimum atomic E-state index is -0.889. The zero-order valence-corrected chi connectivity index (χ0v) is 8.82. The first-order chi connectivity index (χ1) is 6.56. The van der Waals surface area contributed by atoms with Crippen LogP contribution in [-0.2, 0) is 6.42 Å². The van der Waals surface area contributed by atoms with Gasteiger partial charge in [0.05, 0.1) is 5.69 Å². The maximum Gasteiger partial charge on any atom is 0.339 e. The lowest BCUT2D eigenvalue weighted by molar-refractivity contribution is 0.0695. The second-order valence-electron chi connectivity index (χ2n) is 3.62. The highest BCUT2D eigenvalue weighted by molar-refractivity contribution is 5.88. The Hall–Kier alpha value is -1.32. The second kappa shape index (κ2) is 4.26. The summed E-state index contributed by atoms with van der Waals surface area (Å²) >= 11 is 0. The van der Waals surface area contributed by atoms with Crippen molar-refractivity contribution in [3.63, 3.8) is 0 Å². The van der Waals surface area contributed by atoms with E-state index in [1.807, 2.05) is 20.8 Å². The van der Waals surface area contributed by atoms with Crippen molar-refractivity contribution in [3.8, 4) is 0 Å². The molecule has 0 atom stereocenters.